The first kappa shape index (κ1) is 72.8. The lowest BCUT2D eigenvalue weighted by Gasteiger charge is -2.18. The highest BCUT2D eigenvalue weighted by Gasteiger charge is 2.19. The molecule has 77 heavy (non-hydrogen) atoms. The second kappa shape index (κ2) is 64.3. The number of esters is 3. The largest absolute Gasteiger partial charge is 0.462 e. The Morgan fingerprint density at radius 1 is 0.273 bits per heavy atom. The molecule has 0 aromatic heterocycles. The summed E-state index contributed by atoms with van der Waals surface area (Å²) < 4.78 is 16.8. The third kappa shape index (κ3) is 62.5. The molecular formula is C71H118O6. The molecule has 0 rings (SSSR count). The van der Waals surface area contributed by atoms with Crippen LogP contribution in [-0.2, 0) is 28.6 Å². The van der Waals surface area contributed by atoms with Crippen molar-refractivity contribution in [2.24, 2.45) is 0 Å². The smallest absolute Gasteiger partial charge is 0.306 e. The van der Waals surface area contributed by atoms with Crippen molar-refractivity contribution in [3.63, 3.8) is 0 Å². The number of carbonyl (C=O) groups is 3. The Hall–Kier alpha value is -4.19. The van der Waals surface area contributed by atoms with Crippen LogP contribution in [0.25, 0.3) is 0 Å². The summed E-state index contributed by atoms with van der Waals surface area (Å²) in [6.45, 7) is 6.47. The second-order valence-electron chi connectivity index (χ2n) is 20.9. The maximum atomic E-state index is 12.8. The van der Waals surface area contributed by atoms with Gasteiger partial charge in [-0.3, -0.25) is 14.4 Å². The van der Waals surface area contributed by atoms with Crippen LogP contribution in [0.3, 0.4) is 0 Å². The zero-order valence-corrected chi connectivity index (χ0v) is 50.2. The van der Waals surface area contributed by atoms with Gasteiger partial charge in [0.25, 0.3) is 0 Å². The molecule has 0 saturated heterocycles. The first-order valence-electron chi connectivity index (χ1n) is 32.0. The van der Waals surface area contributed by atoms with Gasteiger partial charge >= 0.3 is 17.9 Å². The van der Waals surface area contributed by atoms with E-state index in [1.54, 1.807) is 0 Å². The average Bonchev–Trinajstić information content (AvgIpc) is 3.43. The number of carbonyl (C=O) groups excluding carboxylic acids is 3. The van der Waals surface area contributed by atoms with Gasteiger partial charge in [-0.15, -0.1) is 0 Å². The molecule has 0 aromatic carbocycles. The summed E-state index contributed by atoms with van der Waals surface area (Å²) in [4.78, 5) is 38.1. The molecule has 0 amide bonds. The van der Waals surface area contributed by atoms with Gasteiger partial charge in [0, 0.05) is 19.3 Å². The molecule has 6 heteroatoms. The Morgan fingerprint density at radius 2 is 0.506 bits per heavy atom. The number of hydrogen-bond donors (Lipinski definition) is 0. The minimum Gasteiger partial charge on any atom is -0.462 e. The zero-order valence-electron chi connectivity index (χ0n) is 50.2. The highest BCUT2D eigenvalue weighted by Crippen LogP contribution is 2.15. The maximum Gasteiger partial charge on any atom is 0.306 e. The molecule has 438 valence electrons. The molecule has 0 aliphatic rings. The van der Waals surface area contributed by atoms with Crippen molar-refractivity contribution in [1.82, 2.24) is 0 Å². The molecule has 0 aromatic rings. The lowest BCUT2D eigenvalue weighted by atomic mass is 10.1. The van der Waals surface area contributed by atoms with Crippen LogP contribution in [0.2, 0.25) is 0 Å². The molecule has 0 aliphatic heterocycles. The summed E-state index contributed by atoms with van der Waals surface area (Å²) in [7, 11) is 0. The predicted octanol–water partition coefficient (Wildman–Crippen LogP) is 22.0. The molecule has 0 saturated carbocycles. The van der Waals surface area contributed by atoms with Crippen LogP contribution in [0, 0.1) is 0 Å². The van der Waals surface area contributed by atoms with Crippen molar-refractivity contribution >= 4 is 17.9 Å². The zero-order chi connectivity index (χ0) is 55.7. The lowest BCUT2D eigenvalue weighted by Crippen LogP contribution is -2.30. The molecule has 0 N–H and O–H groups in total. The Kier molecular flexibility index (Phi) is 60.8. The van der Waals surface area contributed by atoms with Crippen molar-refractivity contribution in [2.45, 2.75) is 297 Å². The molecule has 0 fully saturated rings. The summed E-state index contributed by atoms with van der Waals surface area (Å²) in [5, 5.41) is 0. The summed E-state index contributed by atoms with van der Waals surface area (Å²) in [6.07, 6.45) is 89.4. The molecule has 6 nitrogen and oxygen atoms in total. The third-order valence-electron chi connectivity index (χ3n) is 13.5. The van der Waals surface area contributed by atoms with E-state index in [1.807, 2.05) is 0 Å². The van der Waals surface area contributed by atoms with Crippen molar-refractivity contribution < 1.29 is 28.6 Å². The molecular weight excluding hydrogens is 949 g/mol. The van der Waals surface area contributed by atoms with E-state index in [0.717, 1.165) is 135 Å². The van der Waals surface area contributed by atoms with Crippen LogP contribution >= 0.6 is 0 Å². The van der Waals surface area contributed by atoms with E-state index in [1.165, 1.54) is 116 Å². The molecule has 0 aliphatic carbocycles. The van der Waals surface area contributed by atoms with E-state index in [4.69, 9.17) is 14.2 Å². The van der Waals surface area contributed by atoms with Gasteiger partial charge in [-0.2, -0.15) is 0 Å². The maximum absolute atomic E-state index is 12.8. The van der Waals surface area contributed by atoms with Crippen LogP contribution in [0.4, 0.5) is 0 Å². The van der Waals surface area contributed by atoms with Gasteiger partial charge in [-0.05, 0) is 116 Å². The van der Waals surface area contributed by atoms with E-state index in [-0.39, 0.29) is 31.1 Å². The second-order valence-corrected chi connectivity index (χ2v) is 20.9. The van der Waals surface area contributed by atoms with Gasteiger partial charge in [-0.1, -0.05) is 277 Å². The molecule has 0 bridgehead atoms. The number of rotatable bonds is 57. The molecule has 1 unspecified atom stereocenters. The Balaban J connectivity index is 4.19. The quantitative estimate of drug-likeness (QED) is 0.0261. The molecule has 0 radical (unpaired) electrons. The van der Waals surface area contributed by atoms with E-state index in [2.05, 4.69) is 142 Å². The Bertz CT molecular complexity index is 1600. The van der Waals surface area contributed by atoms with Gasteiger partial charge in [-0.25, -0.2) is 0 Å². The van der Waals surface area contributed by atoms with Crippen LogP contribution < -0.4 is 0 Å². The SMILES string of the molecule is CC/C=C\C/C=C\C/C=C\C/C=C\C/C=C\C/C=C\C/C=C\C/C=C\C/C=C\CCCCCCCC(=O)OCC(COC(=O)CCCCCCCCC)OC(=O)CCCCCCCCCCC/C=C\CCCCCCCC. The topological polar surface area (TPSA) is 78.9 Å². The van der Waals surface area contributed by atoms with Crippen LogP contribution in [-0.4, -0.2) is 37.2 Å². The Labute approximate surface area is 475 Å². The summed E-state index contributed by atoms with van der Waals surface area (Å²) in [5.41, 5.74) is 0. The van der Waals surface area contributed by atoms with Gasteiger partial charge in [0.05, 0.1) is 0 Å². The van der Waals surface area contributed by atoms with E-state index in [9.17, 15) is 14.4 Å². The normalized spacial score (nSPS) is 12.9. The number of hydrogen-bond acceptors (Lipinski definition) is 6. The Morgan fingerprint density at radius 3 is 0.805 bits per heavy atom. The van der Waals surface area contributed by atoms with Gasteiger partial charge in [0.1, 0.15) is 13.2 Å². The van der Waals surface area contributed by atoms with Gasteiger partial charge in [0.15, 0.2) is 6.10 Å². The molecule has 0 heterocycles. The molecule has 0 spiro atoms. The predicted molar refractivity (Wildman–Crippen MR) is 334 cm³/mol. The van der Waals surface area contributed by atoms with Gasteiger partial charge in [0.2, 0.25) is 0 Å². The summed E-state index contributed by atoms with van der Waals surface area (Å²) in [5.74, 6) is -0.910. The fourth-order valence-corrected chi connectivity index (χ4v) is 8.67. The monoisotopic (exact) mass is 1070 g/mol. The fourth-order valence-electron chi connectivity index (χ4n) is 8.67. The minimum atomic E-state index is -0.787. The van der Waals surface area contributed by atoms with Crippen LogP contribution in [0.1, 0.15) is 290 Å². The molecule has 1 atom stereocenters. The first-order chi connectivity index (χ1) is 38.0. The minimum absolute atomic E-state index is 0.0851. The standard InChI is InChI=1S/C71H118O6/c1-4-7-10-13-16-18-20-22-24-26-28-29-30-31-32-33-34-35-36-37-38-39-40-41-43-44-46-48-50-52-55-58-61-64-70(73)76-67-68(66-75-69(72)63-60-57-54-15-12-9-6-3)77-71(74)65-62-59-56-53-51-49-47-45-42-27-25-23-21-19-17-14-11-8-5-2/h7,10,16,18,22-25,28-29,31-32,34-35,37-38,40-41,44,46,68H,4-6,8-9,11-15,17,19-21,26-27,30,33,36,39,42-43,45,47-67H2,1-3H3/b10-7-,18-16-,24-22-,25-23-,29-28-,32-31-,35-34-,38-37-,41-40-,46-44-. The van der Waals surface area contributed by atoms with Gasteiger partial charge < -0.3 is 14.2 Å². The number of unbranched alkanes of at least 4 members (excludes halogenated alkanes) is 26. The third-order valence-corrected chi connectivity index (χ3v) is 13.5. The van der Waals surface area contributed by atoms with Crippen LogP contribution in [0.15, 0.2) is 122 Å². The highest BCUT2D eigenvalue weighted by atomic mass is 16.6. The van der Waals surface area contributed by atoms with Crippen molar-refractivity contribution in [3.8, 4) is 0 Å². The van der Waals surface area contributed by atoms with Crippen molar-refractivity contribution in [3.05, 3.63) is 122 Å². The lowest BCUT2D eigenvalue weighted by molar-refractivity contribution is -0.167. The van der Waals surface area contributed by atoms with E-state index in [0.29, 0.717) is 19.3 Å². The fraction of sp³-hybridized carbons (Fsp3) is 0.676. The van der Waals surface area contributed by atoms with Crippen molar-refractivity contribution in [2.75, 3.05) is 13.2 Å². The average molecular weight is 1070 g/mol. The van der Waals surface area contributed by atoms with Crippen LogP contribution in [0.5, 0.6) is 0 Å². The first-order valence-corrected chi connectivity index (χ1v) is 32.0. The van der Waals surface area contributed by atoms with Crippen molar-refractivity contribution in [1.29, 1.82) is 0 Å². The van der Waals surface area contributed by atoms with E-state index < -0.39 is 6.10 Å². The summed E-state index contributed by atoms with van der Waals surface area (Å²) >= 11 is 0. The highest BCUT2D eigenvalue weighted by molar-refractivity contribution is 5.71. The van der Waals surface area contributed by atoms with E-state index >= 15 is 0 Å². The summed E-state index contributed by atoms with van der Waals surface area (Å²) in [6, 6.07) is 0. The number of ether oxygens (including phenoxy) is 3. The number of allylic oxidation sites excluding steroid dienone is 20.